The monoisotopic (exact) mass is 134 g/mol. The molecular formula is C4H3N2NaO2. The summed E-state index contributed by atoms with van der Waals surface area (Å²) < 4.78 is 0. The minimum Gasteiger partial charge on any atom is -0.543 e. The van der Waals surface area contributed by atoms with Gasteiger partial charge in [-0.1, -0.05) is 0 Å². The first-order chi connectivity index (χ1) is 3.80. The van der Waals surface area contributed by atoms with E-state index in [1.807, 2.05) is 0 Å². The molecule has 0 bridgehead atoms. The first kappa shape index (κ1) is 8.68. The SMILES string of the molecule is O=C([O-])c1ccn[nH]1.[Na+]. The van der Waals surface area contributed by atoms with Gasteiger partial charge < -0.3 is 9.90 Å². The van der Waals surface area contributed by atoms with Crippen LogP contribution in [-0.4, -0.2) is 16.2 Å². The molecule has 0 saturated heterocycles. The number of carboxylic acid groups (broad SMARTS) is 1. The van der Waals surface area contributed by atoms with E-state index in [1.54, 1.807) is 0 Å². The predicted octanol–water partition coefficient (Wildman–Crippen LogP) is -4.22. The predicted molar refractivity (Wildman–Crippen MR) is 22.9 cm³/mol. The van der Waals surface area contributed by atoms with Crippen molar-refractivity contribution in [2.24, 2.45) is 0 Å². The molecule has 9 heavy (non-hydrogen) atoms. The van der Waals surface area contributed by atoms with Gasteiger partial charge in [0, 0.05) is 6.20 Å². The Morgan fingerprint density at radius 1 is 1.78 bits per heavy atom. The number of carboxylic acids is 1. The molecule has 1 aromatic heterocycles. The molecule has 0 radical (unpaired) electrons. The molecule has 4 nitrogen and oxygen atoms in total. The van der Waals surface area contributed by atoms with Gasteiger partial charge in [0.15, 0.2) is 0 Å². The van der Waals surface area contributed by atoms with E-state index in [4.69, 9.17) is 0 Å². The minimum atomic E-state index is -1.23. The molecule has 0 amide bonds. The van der Waals surface area contributed by atoms with Crippen LogP contribution in [0.3, 0.4) is 0 Å². The molecule has 1 aromatic rings. The number of carbonyl (C=O) groups excluding carboxylic acids is 1. The summed E-state index contributed by atoms with van der Waals surface area (Å²) in [6.07, 6.45) is 1.35. The van der Waals surface area contributed by atoms with Crippen molar-refractivity contribution < 1.29 is 39.5 Å². The Kier molecular flexibility index (Phi) is 3.53. The van der Waals surface area contributed by atoms with Gasteiger partial charge in [-0.2, -0.15) is 5.10 Å². The quantitative estimate of drug-likeness (QED) is 0.396. The van der Waals surface area contributed by atoms with E-state index in [2.05, 4.69) is 10.2 Å². The van der Waals surface area contributed by atoms with Crippen molar-refractivity contribution in [1.29, 1.82) is 0 Å². The molecule has 0 aromatic carbocycles. The van der Waals surface area contributed by atoms with E-state index in [9.17, 15) is 9.90 Å². The minimum absolute atomic E-state index is 0. The third-order valence-corrected chi connectivity index (χ3v) is 0.721. The van der Waals surface area contributed by atoms with Crippen LogP contribution in [0.1, 0.15) is 10.5 Å². The molecular weight excluding hydrogens is 131 g/mol. The zero-order valence-electron chi connectivity index (χ0n) is 4.92. The molecule has 0 saturated carbocycles. The number of aromatic nitrogens is 2. The largest absolute Gasteiger partial charge is 1.00 e. The van der Waals surface area contributed by atoms with Gasteiger partial charge in [-0.25, -0.2) is 0 Å². The third-order valence-electron chi connectivity index (χ3n) is 0.721. The number of nitrogens with zero attached hydrogens (tertiary/aromatic N) is 1. The third kappa shape index (κ3) is 2.17. The van der Waals surface area contributed by atoms with Crippen molar-refractivity contribution in [3.63, 3.8) is 0 Å². The fourth-order valence-corrected chi connectivity index (χ4v) is 0.370. The normalized spacial score (nSPS) is 8.00. The second-order valence-electron chi connectivity index (χ2n) is 1.26. The summed E-state index contributed by atoms with van der Waals surface area (Å²) >= 11 is 0. The van der Waals surface area contributed by atoms with Crippen molar-refractivity contribution in [3.8, 4) is 0 Å². The Morgan fingerprint density at radius 2 is 2.44 bits per heavy atom. The smallest absolute Gasteiger partial charge is 0.543 e. The summed E-state index contributed by atoms with van der Waals surface area (Å²) in [5.41, 5.74) is 0.00463. The van der Waals surface area contributed by atoms with Gasteiger partial charge in [-0.3, -0.25) is 5.10 Å². The Balaban J connectivity index is 0.000000640. The zero-order valence-corrected chi connectivity index (χ0v) is 6.92. The molecule has 1 N–H and O–H groups in total. The Hall–Kier alpha value is -0.320. The molecule has 0 fully saturated rings. The summed E-state index contributed by atoms with van der Waals surface area (Å²) in [5, 5.41) is 15.5. The van der Waals surface area contributed by atoms with E-state index in [0.717, 1.165) is 0 Å². The maximum atomic E-state index is 9.88. The van der Waals surface area contributed by atoms with Gasteiger partial charge in [0.2, 0.25) is 0 Å². The number of hydrogen-bond acceptors (Lipinski definition) is 3. The van der Waals surface area contributed by atoms with Gasteiger partial charge in [0.25, 0.3) is 0 Å². The van der Waals surface area contributed by atoms with Crippen LogP contribution in [0.25, 0.3) is 0 Å². The van der Waals surface area contributed by atoms with E-state index in [-0.39, 0.29) is 35.3 Å². The van der Waals surface area contributed by atoms with Gasteiger partial charge in [0.05, 0.1) is 11.7 Å². The van der Waals surface area contributed by atoms with Crippen LogP contribution in [0.2, 0.25) is 0 Å². The molecule has 0 unspecified atom stereocenters. The summed E-state index contributed by atoms with van der Waals surface area (Å²) in [5.74, 6) is -1.23. The van der Waals surface area contributed by atoms with Crippen molar-refractivity contribution in [2.45, 2.75) is 0 Å². The Bertz CT molecular complexity index is 184. The number of hydrogen-bond donors (Lipinski definition) is 1. The molecule has 5 heteroatoms. The molecule has 1 heterocycles. The topological polar surface area (TPSA) is 68.8 Å². The van der Waals surface area contributed by atoms with Gasteiger partial charge in [-0.05, 0) is 6.07 Å². The van der Waals surface area contributed by atoms with Crippen molar-refractivity contribution >= 4 is 5.97 Å². The number of carbonyl (C=O) groups is 1. The number of nitrogens with one attached hydrogen (secondary N) is 1. The zero-order chi connectivity index (χ0) is 5.98. The number of aromatic amines is 1. The van der Waals surface area contributed by atoms with E-state index in [1.165, 1.54) is 12.3 Å². The summed E-state index contributed by atoms with van der Waals surface area (Å²) in [6.45, 7) is 0. The second-order valence-corrected chi connectivity index (χ2v) is 1.26. The molecule has 0 atom stereocenters. The van der Waals surface area contributed by atoms with Crippen molar-refractivity contribution in [2.75, 3.05) is 0 Å². The fourth-order valence-electron chi connectivity index (χ4n) is 0.370. The second kappa shape index (κ2) is 3.66. The fraction of sp³-hybridized carbons (Fsp3) is 0. The number of H-pyrrole nitrogens is 1. The van der Waals surface area contributed by atoms with Gasteiger partial charge in [0.1, 0.15) is 0 Å². The van der Waals surface area contributed by atoms with Gasteiger partial charge >= 0.3 is 29.6 Å². The van der Waals surface area contributed by atoms with E-state index in [0.29, 0.717) is 0 Å². The van der Waals surface area contributed by atoms with Crippen LogP contribution in [0.5, 0.6) is 0 Å². The molecule has 42 valence electrons. The molecule has 0 spiro atoms. The van der Waals surface area contributed by atoms with Crippen molar-refractivity contribution in [1.82, 2.24) is 10.2 Å². The van der Waals surface area contributed by atoms with Crippen LogP contribution in [0.4, 0.5) is 0 Å². The van der Waals surface area contributed by atoms with Crippen LogP contribution in [-0.2, 0) is 0 Å². The maximum absolute atomic E-state index is 9.88. The maximum Gasteiger partial charge on any atom is 1.00 e. The first-order valence-corrected chi connectivity index (χ1v) is 2.01. The molecule has 0 aliphatic rings. The average Bonchev–Trinajstić information content (AvgIpc) is 2.12. The van der Waals surface area contributed by atoms with E-state index < -0.39 is 5.97 Å². The average molecular weight is 134 g/mol. The van der Waals surface area contributed by atoms with Gasteiger partial charge in [-0.15, -0.1) is 0 Å². The Labute approximate surface area is 73.6 Å². The van der Waals surface area contributed by atoms with Crippen LogP contribution >= 0.6 is 0 Å². The molecule has 0 aliphatic carbocycles. The number of aromatic carboxylic acids is 1. The summed E-state index contributed by atoms with van der Waals surface area (Å²) in [7, 11) is 0. The van der Waals surface area contributed by atoms with E-state index >= 15 is 0 Å². The standard InChI is InChI=1S/C4H4N2O2.Na/c7-4(8)3-1-2-5-6-3;/h1-2H,(H,5,6)(H,7,8);/q;+1/p-1. The molecule has 1 rings (SSSR count). The van der Waals surface area contributed by atoms with Crippen LogP contribution in [0, 0.1) is 0 Å². The summed E-state index contributed by atoms with van der Waals surface area (Å²) in [4.78, 5) is 9.88. The van der Waals surface area contributed by atoms with Crippen LogP contribution in [0.15, 0.2) is 12.3 Å². The number of rotatable bonds is 1. The molecule has 0 aliphatic heterocycles. The van der Waals surface area contributed by atoms with Crippen molar-refractivity contribution in [3.05, 3.63) is 18.0 Å². The summed E-state index contributed by atoms with van der Waals surface area (Å²) in [6, 6.07) is 1.33. The first-order valence-electron chi connectivity index (χ1n) is 2.01. The Morgan fingerprint density at radius 3 is 2.67 bits per heavy atom. The van der Waals surface area contributed by atoms with Crippen LogP contribution < -0.4 is 34.7 Å².